The molecule has 6 heteroatoms. The Morgan fingerprint density at radius 2 is 1.70 bits per heavy atom. The predicted octanol–water partition coefficient (Wildman–Crippen LogP) is 3.75. The van der Waals surface area contributed by atoms with Gasteiger partial charge < -0.3 is 11.1 Å². The van der Waals surface area contributed by atoms with Gasteiger partial charge in [-0.05, 0) is 24.3 Å². The largest absolute Gasteiger partial charge is 0.381 e. The molecule has 0 aliphatic heterocycles. The molecule has 4 nitrogen and oxygen atoms in total. The molecule has 0 aliphatic carbocycles. The zero-order valence-electron chi connectivity index (χ0n) is 10.3. The van der Waals surface area contributed by atoms with E-state index in [9.17, 15) is 4.39 Å². The van der Waals surface area contributed by atoms with E-state index in [1.807, 2.05) is 12.1 Å². The maximum Gasteiger partial charge on any atom is 0.174 e. The zero-order chi connectivity index (χ0) is 14.1. The van der Waals surface area contributed by atoms with Crippen LogP contribution in [0.3, 0.4) is 0 Å². The number of nitrogen functional groups attached to an aromatic ring is 1. The number of benzene rings is 2. The molecule has 3 rings (SSSR count). The lowest BCUT2D eigenvalue weighted by molar-refractivity contribution is 0.632. The van der Waals surface area contributed by atoms with Gasteiger partial charge in [-0.25, -0.2) is 14.4 Å². The Morgan fingerprint density at radius 3 is 2.40 bits per heavy atom. The number of para-hydroxylation sites is 3. The van der Waals surface area contributed by atoms with Crippen molar-refractivity contribution in [2.45, 2.75) is 0 Å². The summed E-state index contributed by atoms with van der Waals surface area (Å²) >= 11 is 5.96. The number of anilines is 3. The van der Waals surface area contributed by atoms with E-state index in [2.05, 4.69) is 15.3 Å². The average molecular weight is 289 g/mol. The summed E-state index contributed by atoms with van der Waals surface area (Å²) in [6.45, 7) is 0. The summed E-state index contributed by atoms with van der Waals surface area (Å²) in [7, 11) is 0. The zero-order valence-corrected chi connectivity index (χ0v) is 11.0. The fraction of sp³-hybridized carbons (Fsp3) is 0. The lowest BCUT2D eigenvalue weighted by Crippen LogP contribution is -2.04. The number of nitrogens with two attached hydrogens (primary N) is 1. The van der Waals surface area contributed by atoms with Crippen molar-refractivity contribution in [3.05, 3.63) is 53.3 Å². The van der Waals surface area contributed by atoms with E-state index in [-0.39, 0.29) is 22.3 Å². The van der Waals surface area contributed by atoms with Crippen molar-refractivity contribution in [1.29, 1.82) is 0 Å². The van der Waals surface area contributed by atoms with Crippen LogP contribution in [0.5, 0.6) is 0 Å². The number of nitrogens with zero attached hydrogens (tertiary/aromatic N) is 2. The summed E-state index contributed by atoms with van der Waals surface area (Å²) in [5.41, 5.74) is 7.30. The highest BCUT2D eigenvalue weighted by Gasteiger charge is 2.11. The number of fused-ring (bicyclic) bond motifs is 1. The molecule has 0 amide bonds. The molecular weight excluding hydrogens is 279 g/mol. The fourth-order valence-electron chi connectivity index (χ4n) is 1.84. The molecule has 0 saturated carbocycles. The van der Waals surface area contributed by atoms with Crippen LogP contribution in [0, 0.1) is 5.82 Å². The van der Waals surface area contributed by atoms with Crippen LogP contribution >= 0.6 is 11.6 Å². The number of aromatic nitrogens is 2. The molecule has 100 valence electrons. The molecule has 20 heavy (non-hydrogen) atoms. The first-order valence-corrected chi connectivity index (χ1v) is 6.26. The minimum atomic E-state index is -0.480. The Hall–Kier alpha value is -2.40. The highest BCUT2D eigenvalue weighted by molar-refractivity contribution is 6.33. The molecule has 3 N–H and O–H groups in total. The van der Waals surface area contributed by atoms with Crippen LogP contribution in [0.2, 0.25) is 5.02 Å². The van der Waals surface area contributed by atoms with Gasteiger partial charge in [-0.15, -0.1) is 0 Å². The van der Waals surface area contributed by atoms with Crippen LogP contribution in [0.4, 0.5) is 21.7 Å². The van der Waals surface area contributed by atoms with Crippen LogP contribution in [0.15, 0.2) is 42.5 Å². The molecule has 0 aliphatic rings. The van der Waals surface area contributed by atoms with Crippen LogP contribution in [0.25, 0.3) is 11.0 Å². The summed E-state index contributed by atoms with van der Waals surface area (Å²) in [6, 6.07) is 11.7. The summed E-state index contributed by atoms with van der Waals surface area (Å²) in [4.78, 5) is 8.55. The van der Waals surface area contributed by atoms with Gasteiger partial charge in [0, 0.05) is 0 Å². The second-order valence-electron chi connectivity index (χ2n) is 4.17. The van der Waals surface area contributed by atoms with Gasteiger partial charge in [-0.3, -0.25) is 0 Å². The quantitative estimate of drug-likeness (QED) is 0.754. The third-order valence-corrected chi connectivity index (χ3v) is 3.12. The molecular formula is C14H10ClFN4. The second-order valence-corrected chi connectivity index (χ2v) is 4.58. The summed E-state index contributed by atoms with van der Waals surface area (Å²) < 4.78 is 13.7. The highest BCUT2D eigenvalue weighted by Crippen LogP contribution is 2.29. The average Bonchev–Trinajstić information content (AvgIpc) is 2.43. The van der Waals surface area contributed by atoms with Gasteiger partial charge in [0.1, 0.15) is 5.82 Å². The number of nitrogens with one attached hydrogen (secondary N) is 1. The topological polar surface area (TPSA) is 63.8 Å². The fourth-order valence-corrected chi connectivity index (χ4v) is 2.05. The van der Waals surface area contributed by atoms with Gasteiger partial charge in [0.15, 0.2) is 11.6 Å². The molecule has 0 fully saturated rings. The van der Waals surface area contributed by atoms with Crippen molar-refractivity contribution in [2.75, 3.05) is 11.1 Å². The SMILES string of the molecule is Nc1nc2ccccc2nc1Nc1c(F)cccc1Cl. The normalized spacial score (nSPS) is 10.7. The molecule has 1 aromatic heterocycles. The number of hydrogen-bond acceptors (Lipinski definition) is 4. The van der Waals surface area contributed by atoms with E-state index in [0.29, 0.717) is 11.0 Å². The lowest BCUT2D eigenvalue weighted by Gasteiger charge is -2.11. The first-order valence-electron chi connectivity index (χ1n) is 5.88. The Balaban J connectivity index is 2.09. The Labute approximate surface area is 119 Å². The predicted molar refractivity (Wildman–Crippen MR) is 78.6 cm³/mol. The number of halogens is 2. The van der Waals surface area contributed by atoms with Crippen LogP contribution in [0.1, 0.15) is 0 Å². The minimum Gasteiger partial charge on any atom is -0.381 e. The molecule has 0 spiro atoms. The molecule has 2 aromatic carbocycles. The molecule has 0 unspecified atom stereocenters. The van der Waals surface area contributed by atoms with Crippen LogP contribution in [-0.2, 0) is 0 Å². The molecule has 0 saturated heterocycles. The molecule has 0 bridgehead atoms. The Morgan fingerprint density at radius 1 is 1.00 bits per heavy atom. The second kappa shape index (κ2) is 4.94. The van der Waals surface area contributed by atoms with Crippen molar-refractivity contribution in [1.82, 2.24) is 9.97 Å². The third-order valence-electron chi connectivity index (χ3n) is 2.80. The van der Waals surface area contributed by atoms with Crippen molar-refractivity contribution in [2.24, 2.45) is 0 Å². The van der Waals surface area contributed by atoms with Crippen LogP contribution < -0.4 is 11.1 Å². The van der Waals surface area contributed by atoms with E-state index in [1.54, 1.807) is 18.2 Å². The van der Waals surface area contributed by atoms with Gasteiger partial charge in [0.25, 0.3) is 0 Å². The molecule has 1 heterocycles. The van der Waals surface area contributed by atoms with E-state index in [4.69, 9.17) is 17.3 Å². The Bertz CT molecular complexity index is 771. The van der Waals surface area contributed by atoms with Crippen LogP contribution in [-0.4, -0.2) is 9.97 Å². The van der Waals surface area contributed by atoms with E-state index >= 15 is 0 Å². The molecule has 0 atom stereocenters. The van der Waals surface area contributed by atoms with Gasteiger partial charge in [0.05, 0.1) is 21.7 Å². The lowest BCUT2D eigenvalue weighted by atomic mass is 10.3. The van der Waals surface area contributed by atoms with Crippen molar-refractivity contribution < 1.29 is 4.39 Å². The molecule has 0 radical (unpaired) electrons. The first-order chi connectivity index (χ1) is 9.65. The third kappa shape index (κ3) is 2.23. The molecule has 3 aromatic rings. The Kier molecular flexibility index (Phi) is 3.12. The van der Waals surface area contributed by atoms with Gasteiger partial charge in [-0.2, -0.15) is 0 Å². The van der Waals surface area contributed by atoms with E-state index < -0.39 is 5.82 Å². The number of hydrogen-bond donors (Lipinski definition) is 2. The first kappa shape index (κ1) is 12.6. The minimum absolute atomic E-state index is 0.130. The van der Waals surface area contributed by atoms with Gasteiger partial charge in [0.2, 0.25) is 0 Å². The summed E-state index contributed by atoms with van der Waals surface area (Å²) in [5.74, 6) is -0.0226. The van der Waals surface area contributed by atoms with E-state index in [1.165, 1.54) is 12.1 Å². The van der Waals surface area contributed by atoms with E-state index in [0.717, 1.165) is 0 Å². The van der Waals surface area contributed by atoms with Gasteiger partial charge in [-0.1, -0.05) is 29.8 Å². The maximum atomic E-state index is 13.7. The number of rotatable bonds is 2. The van der Waals surface area contributed by atoms with Crippen molar-refractivity contribution in [3.8, 4) is 0 Å². The standard InChI is InChI=1S/C14H10ClFN4/c15-8-4-3-5-9(16)12(8)20-14-13(17)18-10-6-1-2-7-11(10)19-14/h1-7H,(H2,17,18)(H,19,20). The summed E-state index contributed by atoms with van der Waals surface area (Å²) in [6.07, 6.45) is 0. The van der Waals surface area contributed by atoms with Crippen molar-refractivity contribution >= 4 is 40.0 Å². The maximum absolute atomic E-state index is 13.7. The van der Waals surface area contributed by atoms with Crippen molar-refractivity contribution in [3.63, 3.8) is 0 Å². The smallest absolute Gasteiger partial charge is 0.174 e. The highest BCUT2D eigenvalue weighted by atomic mass is 35.5. The monoisotopic (exact) mass is 288 g/mol. The summed E-state index contributed by atoms with van der Waals surface area (Å²) in [5, 5.41) is 3.04. The van der Waals surface area contributed by atoms with Gasteiger partial charge >= 0.3 is 0 Å².